The van der Waals surface area contributed by atoms with Gasteiger partial charge in [0.15, 0.2) is 0 Å². The molecule has 1 N–H and O–H groups in total. The van der Waals surface area contributed by atoms with Crippen LogP contribution in [0.3, 0.4) is 0 Å². The summed E-state index contributed by atoms with van der Waals surface area (Å²) in [6, 6.07) is 4.81. The van der Waals surface area contributed by atoms with Crippen LogP contribution >= 0.6 is 0 Å². The number of nitrogens with zero attached hydrogens (tertiary/aromatic N) is 3. The first-order valence-electron chi connectivity index (χ1n) is 8.14. The van der Waals surface area contributed by atoms with Crippen LogP contribution in [0.25, 0.3) is 10.9 Å². The fraction of sp³-hybridized carbons (Fsp3) is 0.211. The highest BCUT2D eigenvalue weighted by Crippen LogP contribution is 2.33. The van der Waals surface area contributed by atoms with Gasteiger partial charge in [0.1, 0.15) is 17.0 Å². The Morgan fingerprint density at radius 2 is 1.79 bits per heavy atom. The summed E-state index contributed by atoms with van der Waals surface area (Å²) < 4.78 is 45.0. The number of benzene rings is 1. The number of aromatic nitrogens is 2. The molecule has 0 unspecified atom stereocenters. The predicted octanol–water partition coefficient (Wildman–Crippen LogP) is 3.66. The van der Waals surface area contributed by atoms with Gasteiger partial charge in [0.25, 0.3) is 5.91 Å². The number of amides is 1. The zero-order chi connectivity index (χ0) is 20.6. The van der Waals surface area contributed by atoms with E-state index in [4.69, 9.17) is 4.74 Å². The van der Waals surface area contributed by atoms with E-state index in [2.05, 4.69) is 9.98 Å². The summed E-state index contributed by atoms with van der Waals surface area (Å²) in [5.74, 6) is -0.526. The Balaban J connectivity index is 2.22. The van der Waals surface area contributed by atoms with E-state index < -0.39 is 17.8 Å². The van der Waals surface area contributed by atoms with Crippen molar-refractivity contribution >= 4 is 16.8 Å². The molecule has 0 aliphatic rings. The molecule has 0 aliphatic carbocycles. The normalized spacial score (nSPS) is 11.5. The van der Waals surface area contributed by atoms with E-state index >= 15 is 0 Å². The first-order valence-corrected chi connectivity index (χ1v) is 8.14. The molecule has 0 fully saturated rings. The summed E-state index contributed by atoms with van der Waals surface area (Å²) in [6.45, 7) is 3.35. The van der Waals surface area contributed by atoms with Crippen molar-refractivity contribution in [2.45, 2.75) is 20.0 Å². The molecule has 0 saturated carbocycles. The van der Waals surface area contributed by atoms with E-state index in [9.17, 15) is 23.2 Å². The molecule has 0 bridgehead atoms. The highest BCUT2D eigenvalue weighted by atomic mass is 19.4. The van der Waals surface area contributed by atoms with Gasteiger partial charge < -0.3 is 9.94 Å². The van der Waals surface area contributed by atoms with Crippen LogP contribution in [-0.2, 0) is 6.18 Å². The quantitative estimate of drug-likeness (QED) is 0.677. The number of halogens is 3. The highest BCUT2D eigenvalue weighted by molar-refractivity contribution is 6.08. The van der Waals surface area contributed by atoms with Crippen LogP contribution in [0, 0.1) is 13.8 Å². The fourth-order valence-corrected chi connectivity index (χ4v) is 2.91. The van der Waals surface area contributed by atoms with Crippen molar-refractivity contribution in [1.29, 1.82) is 0 Å². The topological polar surface area (TPSA) is 76.7 Å². The molecule has 2 aromatic heterocycles. The summed E-state index contributed by atoms with van der Waals surface area (Å²) in [5, 5.41) is 10.1. The summed E-state index contributed by atoms with van der Waals surface area (Å²) in [7, 11) is 1.31. The molecule has 0 saturated heterocycles. The Kier molecular flexibility index (Phi) is 4.84. The minimum atomic E-state index is -4.62. The molecule has 6 nitrogen and oxygen atoms in total. The fourth-order valence-electron chi connectivity index (χ4n) is 2.91. The molecule has 9 heteroatoms. The minimum Gasteiger partial charge on any atom is -0.494 e. The van der Waals surface area contributed by atoms with Crippen molar-refractivity contribution in [3.8, 4) is 5.75 Å². The summed E-state index contributed by atoms with van der Waals surface area (Å²) >= 11 is 0. The van der Waals surface area contributed by atoms with Crippen LogP contribution in [0.15, 0.2) is 41.7 Å². The van der Waals surface area contributed by atoms with Crippen LogP contribution in [0.2, 0.25) is 0 Å². The number of methoxy groups -OCH3 is 1. The first-order chi connectivity index (χ1) is 13.1. The zero-order valence-electron chi connectivity index (χ0n) is 15.2. The van der Waals surface area contributed by atoms with Crippen molar-refractivity contribution in [2.24, 2.45) is 4.99 Å². The van der Waals surface area contributed by atoms with Crippen LogP contribution < -0.4 is 10.1 Å². The van der Waals surface area contributed by atoms with E-state index in [0.717, 1.165) is 10.8 Å². The maximum atomic E-state index is 13.0. The number of carbonyl (C=O) groups excluding carboxylic acids is 1. The van der Waals surface area contributed by atoms with Gasteiger partial charge in [0.05, 0.1) is 18.0 Å². The summed E-state index contributed by atoms with van der Waals surface area (Å²) in [6.07, 6.45) is -1.84. The molecule has 0 atom stereocenters. The van der Waals surface area contributed by atoms with Crippen LogP contribution in [-0.4, -0.2) is 27.9 Å². The molecule has 0 aliphatic heterocycles. The van der Waals surface area contributed by atoms with Crippen molar-refractivity contribution in [2.75, 3.05) is 7.11 Å². The number of carbonyl (C=O) groups is 1. The number of aryl methyl sites for hydroxylation is 2. The third-order valence-electron chi connectivity index (χ3n) is 4.17. The number of pyridine rings is 2. The van der Waals surface area contributed by atoms with E-state index in [-0.39, 0.29) is 22.2 Å². The molecule has 146 valence electrons. The Morgan fingerprint density at radius 1 is 1.14 bits per heavy atom. The number of hydrogen-bond donors (Lipinski definition) is 1. The molecule has 3 rings (SSSR count). The van der Waals surface area contributed by atoms with E-state index in [1.54, 1.807) is 13.8 Å². The van der Waals surface area contributed by atoms with Gasteiger partial charge in [-0.05, 0) is 49.2 Å². The second-order valence-corrected chi connectivity index (χ2v) is 6.18. The molecule has 0 spiro atoms. The average molecular weight is 391 g/mol. The molecule has 3 aromatic rings. The summed E-state index contributed by atoms with van der Waals surface area (Å²) in [4.78, 5) is 20.5. The molecule has 1 aromatic carbocycles. The lowest BCUT2D eigenvalue weighted by Crippen LogP contribution is -2.17. The molecular formula is C19H16F3N3O3. The smallest absolute Gasteiger partial charge is 0.433 e. The number of hydrogen-bond acceptors (Lipinski definition) is 4. The minimum absolute atomic E-state index is 0.0759. The van der Waals surface area contributed by atoms with Crippen molar-refractivity contribution in [3.05, 3.63) is 64.4 Å². The third-order valence-corrected chi connectivity index (χ3v) is 4.17. The zero-order valence-corrected chi connectivity index (χ0v) is 15.2. The molecule has 0 radical (unpaired) electrons. The Hall–Kier alpha value is -3.36. The predicted molar refractivity (Wildman–Crippen MR) is 94.3 cm³/mol. The van der Waals surface area contributed by atoms with Crippen molar-refractivity contribution in [1.82, 2.24) is 9.71 Å². The lowest BCUT2D eigenvalue weighted by molar-refractivity contribution is -0.140. The maximum absolute atomic E-state index is 13.0. The second kappa shape index (κ2) is 6.99. The number of ether oxygens (including phenoxy) is 1. The SMILES string of the molecule is COc1ccc(C(=O)N=c2c(C)cn(O)cc2C)c2ccc(C(F)(F)F)nc12. The van der Waals surface area contributed by atoms with Gasteiger partial charge in [-0.3, -0.25) is 4.79 Å². The maximum Gasteiger partial charge on any atom is 0.433 e. The number of rotatable bonds is 2. The summed E-state index contributed by atoms with van der Waals surface area (Å²) in [5.41, 5.74) is 0.0593. The van der Waals surface area contributed by atoms with Gasteiger partial charge in [-0.2, -0.15) is 13.2 Å². The van der Waals surface area contributed by atoms with Gasteiger partial charge in [-0.25, -0.2) is 14.7 Å². The molecule has 28 heavy (non-hydrogen) atoms. The van der Waals surface area contributed by atoms with Gasteiger partial charge in [-0.1, -0.05) is 0 Å². The van der Waals surface area contributed by atoms with E-state index in [1.807, 2.05) is 0 Å². The van der Waals surface area contributed by atoms with Crippen LogP contribution in [0.1, 0.15) is 27.2 Å². The third kappa shape index (κ3) is 3.55. The van der Waals surface area contributed by atoms with Crippen LogP contribution in [0.5, 0.6) is 5.75 Å². The van der Waals surface area contributed by atoms with E-state index in [1.165, 1.54) is 37.7 Å². The Labute approximate surface area is 157 Å². The molecule has 2 heterocycles. The van der Waals surface area contributed by atoms with Gasteiger partial charge >= 0.3 is 6.18 Å². The molecule has 1 amide bonds. The second-order valence-electron chi connectivity index (χ2n) is 6.18. The van der Waals surface area contributed by atoms with Crippen molar-refractivity contribution in [3.63, 3.8) is 0 Å². The largest absolute Gasteiger partial charge is 0.494 e. The highest BCUT2D eigenvalue weighted by Gasteiger charge is 2.33. The lowest BCUT2D eigenvalue weighted by Gasteiger charge is -2.11. The molecular weight excluding hydrogens is 375 g/mol. The number of fused-ring (bicyclic) bond motifs is 1. The first kappa shape index (κ1) is 19.4. The number of alkyl halides is 3. The monoisotopic (exact) mass is 391 g/mol. The lowest BCUT2D eigenvalue weighted by atomic mass is 10.1. The van der Waals surface area contributed by atoms with Crippen LogP contribution in [0.4, 0.5) is 13.2 Å². The standard InChI is InChI=1S/C19H16F3N3O3/c1-10-8-25(27)9-11(2)16(10)24-18(26)13-4-6-14(28-3)17-12(13)5-7-15(23-17)19(20,21)22/h4-9,27H,1-3H3. The van der Waals surface area contributed by atoms with Gasteiger partial charge in [-0.15, -0.1) is 0 Å². The van der Waals surface area contributed by atoms with Gasteiger partial charge in [0, 0.05) is 17.8 Å². The van der Waals surface area contributed by atoms with Crippen molar-refractivity contribution < 1.29 is 27.9 Å². The van der Waals surface area contributed by atoms with Gasteiger partial charge in [0.2, 0.25) is 0 Å². The Morgan fingerprint density at radius 3 is 2.36 bits per heavy atom. The van der Waals surface area contributed by atoms with E-state index in [0.29, 0.717) is 16.5 Å². The average Bonchev–Trinajstić information content (AvgIpc) is 2.62. The Bertz CT molecular complexity index is 1120.